The van der Waals surface area contributed by atoms with E-state index in [1.54, 1.807) is 6.92 Å². The molecule has 1 aromatic carbocycles. The second-order valence-corrected chi connectivity index (χ2v) is 7.76. The largest absolute Gasteiger partial charge is 0.352 e. The van der Waals surface area contributed by atoms with Gasteiger partial charge in [-0.25, -0.2) is 4.39 Å². The summed E-state index contributed by atoms with van der Waals surface area (Å²) >= 11 is 5.87. The number of hydrogen-bond donors (Lipinski definition) is 2. The Morgan fingerprint density at radius 2 is 1.63 bits per heavy atom. The minimum Gasteiger partial charge on any atom is -0.352 e. The number of nitrogens with one attached hydrogen (secondary N) is 2. The summed E-state index contributed by atoms with van der Waals surface area (Å²) in [7, 11) is 0. The summed E-state index contributed by atoms with van der Waals surface area (Å²) in [6.45, 7) is 6.49. The highest BCUT2D eigenvalue weighted by Gasteiger charge is 2.32. The quantitative estimate of drug-likeness (QED) is 0.772. The van der Waals surface area contributed by atoms with Crippen molar-refractivity contribution < 1.29 is 14.0 Å². The lowest BCUT2D eigenvalue weighted by atomic mass is 10.1. The molecule has 1 heterocycles. The fraction of sp³-hybridized carbons (Fsp3) is 0.579. The van der Waals surface area contributed by atoms with E-state index in [-0.39, 0.29) is 23.5 Å². The third kappa shape index (κ3) is 5.18. The first kappa shape index (κ1) is 20.0. The van der Waals surface area contributed by atoms with Crippen LogP contribution in [0.3, 0.4) is 0 Å². The molecule has 0 aromatic heterocycles. The number of hydrogen-bond acceptors (Lipinski definition) is 4. The van der Waals surface area contributed by atoms with Crippen molar-refractivity contribution in [2.24, 2.45) is 0 Å². The van der Waals surface area contributed by atoms with Crippen molar-refractivity contribution in [2.75, 3.05) is 31.5 Å². The van der Waals surface area contributed by atoms with Gasteiger partial charge in [0.2, 0.25) is 11.8 Å². The van der Waals surface area contributed by atoms with E-state index in [4.69, 9.17) is 11.6 Å². The van der Waals surface area contributed by atoms with Crippen LogP contribution in [0.4, 0.5) is 10.1 Å². The Morgan fingerprint density at radius 1 is 1.07 bits per heavy atom. The molecule has 2 aliphatic rings. The Morgan fingerprint density at radius 3 is 2.19 bits per heavy atom. The maximum absolute atomic E-state index is 13.8. The van der Waals surface area contributed by atoms with Crippen LogP contribution in [0.2, 0.25) is 5.02 Å². The summed E-state index contributed by atoms with van der Waals surface area (Å²) in [6.07, 6.45) is 2.15. The molecular weight excluding hydrogens is 371 g/mol. The van der Waals surface area contributed by atoms with Gasteiger partial charge in [-0.15, -0.1) is 0 Å². The summed E-state index contributed by atoms with van der Waals surface area (Å²) in [5.74, 6) is -0.711. The van der Waals surface area contributed by atoms with Crippen LogP contribution in [-0.4, -0.2) is 65.9 Å². The molecule has 2 fully saturated rings. The molecule has 2 N–H and O–H groups in total. The zero-order valence-corrected chi connectivity index (χ0v) is 16.4. The lowest BCUT2D eigenvalue weighted by Gasteiger charge is -2.39. The van der Waals surface area contributed by atoms with E-state index in [0.717, 1.165) is 12.8 Å². The van der Waals surface area contributed by atoms with E-state index < -0.39 is 11.9 Å². The van der Waals surface area contributed by atoms with Gasteiger partial charge in [-0.1, -0.05) is 11.6 Å². The molecule has 6 nitrogen and oxygen atoms in total. The molecule has 2 amide bonds. The van der Waals surface area contributed by atoms with E-state index >= 15 is 0 Å². The first-order chi connectivity index (χ1) is 12.8. The number of halogens is 2. The summed E-state index contributed by atoms with van der Waals surface area (Å²) in [4.78, 5) is 28.9. The average Bonchev–Trinajstić information content (AvgIpc) is 3.47. The number of amides is 2. The number of carbonyl (C=O) groups is 2. The molecule has 148 valence electrons. The lowest BCUT2D eigenvalue weighted by molar-refractivity contribution is -0.128. The summed E-state index contributed by atoms with van der Waals surface area (Å²) in [6, 6.07) is 3.86. The number of anilines is 1. The number of carbonyl (C=O) groups excluding carboxylic acids is 2. The molecule has 1 saturated carbocycles. The molecule has 8 heteroatoms. The van der Waals surface area contributed by atoms with Crippen LogP contribution < -0.4 is 10.6 Å². The Labute approximate surface area is 164 Å². The molecule has 3 rings (SSSR count). The molecule has 27 heavy (non-hydrogen) atoms. The van der Waals surface area contributed by atoms with Crippen LogP contribution >= 0.6 is 11.6 Å². The van der Waals surface area contributed by atoms with Gasteiger partial charge in [-0.05, 0) is 44.9 Å². The van der Waals surface area contributed by atoms with Crippen LogP contribution in [0, 0.1) is 5.82 Å². The monoisotopic (exact) mass is 396 g/mol. The normalized spacial score (nSPS) is 20.7. The van der Waals surface area contributed by atoms with E-state index in [1.165, 1.54) is 18.2 Å². The van der Waals surface area contributed by atoms with Crippen molar-refractivity contribution in [3.63, 3.8) is 0 Å². The minimum absolute atomic E-state index is 0.0770. The predicted octanol–water partition coefficient (Wildman–Crippen LogP) is 2.09. The van der Waals surface area contributed by atoms with Gasteiger partial charge >= 0.3 is 0 Å². The molecule has 2 atom stereocenters. The number of benzene rings is 1. The summed E-state index contributed by atoms with van der Waals surface area (Å²) in [5, 5.41) is 6.01. The highest BCUT2D eigenvalue weighted by atomic mass is 35.5. The van der Waals surface area contributed by atoms with Gasteiger partial charge in [0.15, 0.2) is 0 Å². The van der Waals surface area contributed by atoms with Crippen molar-refractivity contribution in [1.82, 2.24) is 15.1 Å². The van der Waals surface area contributed by atoms with E-state index in [9.17, 15) is 14.0 Å². The fourth-order valence-electron chi connectivity index (χ4n) is 3.22. The molecule has 1 aliphatic carbocycles. The Hall–Kier alpha value is -1.70. The van der Waals surface area contributed by atoms with Crippen LogP contribution in [-0.2, 0) is 9.59 Å². The third-order valence-corrected chi connectivity index (χ3v) is 5.55. The van der Waals surface area contributed by atoms with Crippen LogP contribution in [0.25, 0.3) is 0 Å². The molecule has 1 aliphatic heterocycles. The van der Waals surface area contributed by atoms with Crippen LogP contribution in [0.15, 0.2) is 18.2 Å². The molecule has 2 unspecified atom stereocenters. The predicted molar refractivity (Wildman–Crippen MR) is 103 cm³/mol. The second-order valence-electron chi connectivity index (χ2n) is 7.32. The number of nitrogens with zero attached hydrogens (tertiary/aromatic N) is 2. The van der Waals surface area contributed by atoms with Gasteiger partial charge in [-0.2, -0.15) is 0 Å². The highest BCUT2D eigenvalue weighted by Crippen LogP contribution is 2.21. The minimum atomic E-state index is -0.514. The molecule has 0 radical (unpaired) electrons. The number of rotatable bonds is 6. The van der Waals surface area contributed by atoms with Gasteiger partial charge in [0, 0.05) is 37.2 Å². The maximum Gasteiger partial charge on any atom is 0.241 e. The smallest absolute Gasteiger partial charge is 0.241 e. The highest BCUT2D eigenvalue weighted by molar-refractivity contribution is 6.30. The van der Waals surface area contributed by atoms with Gasteiger partial charge in [-0.3, -0.25) is 19.4 Å². The molecule has 1 saturated heterocycles. The van der Waals surface area contributed by atoms with Gasteiger partial charge in [0.25, 0.3) is 0 Å². The van der Waals surface area contributed by atoms with Crippen molar-refractivity contribution in [3.05, 3.63) is 29.0 Å². The van der Waals surface area contributed by atoms with Crippen molar-refractivity contribution >= 4 is 29.1 Å². The molecular formula is C19H26ClFN4O2. The first-order valence-corrected chi connectivity index (χ1v) is 9.77. The van der Waals surface area contributed by atoms with Crippen LogP contribution in [0.5, 0.6) is 0 Å². The fourth-order valence-corrected chi connectivity index (χ4v) is 3.40. The standard InChI is InChI=1S/C19H26ClFN4O2/c1-12(18(26)22-15-4-5-15)24-7-9-25(10-8-24)13(2)19(27)23-17-11-14(20)3-6-16(17)21/h3,6,11-13,15H,4-5,7-10H2,1-2H3,(H,22,26)(H,23,27). The van der Waals surface area contributed by atoms with E-state index in [2.05, 4.69) is 15.5 Å². The Kier molecular flexibility index (Phi) is 6.34. The summed E-state index contributed by atoms with van der Waals surface area (Å²) in [5.41, 5.74) is 0.0864. The zero-order chi connectivity index (χ0) is 19.6. The second kappa shape index (κ2) is 8.54. The SMILES string of the molecule is CC(C(=O)Nc1cc(Cl)ccc1F)N1CCN(C(C)C(=O)NC2CC2)CC1. The lowest BCUT2D eigenvalue weighted by Crippen LogP contribution is -2.57. The molecule has 0 bridgehead atoms. The molecule has 0 spiro atoms. The topological polar surface area (TPSA) is 64.7 Å². The van der Waals surface area contributed by atoms with E-state index in [0.29, 0.717) is 37.2 Å². The van der Waals surface area contributed by atoms with E-state index in [1.807, 2.05) is 11.8 Å². The van der Waals surface area contributed by atoms with Gasteiger partial charge in [0.05, 0.1) is 17.8 Å². The van der Waals surface area contributed by atoms with Gasteiger partial charge < -0.3 is 10.6 Å². The third-order valence-electron chi connectivity index (χ3n) is 5.31. The maximum atomic E-state index is 13.8. The van der Waals surface area contributed by atoms with Crippen molar-refractivity contribution in [1.29, 1.82) is 0 Å². The first-order valence-electron chi connectivity index (χ1n) is 9.39. The zero-order valence-electron chi connectivity index (χ0n) is 15.7. The van der Waals surface area contributed by atoms with Crippen LogP contribution in [0.1, 0.15) is 26.7 Å². The number of piperazine rings is 1. The van der Waals surface area contributed by atoms with Crippen molar-refractivity contribution in [3.8, 4) is 0 Å². The van der Waals surface area contributed by atoms with Gasteiger partial charge in [0.1, 0.15) is 5.82 Å². The molecule has 1 aromatic rings. The Bertz CT molecular complexity index is 705. The average molecular weight is 397 g/mol. The Balaban J connectivity index is 1.50. The van der Waals surface area contributed by atoms with Crippen molar-refractivity contribution in [2.45, 2.75) is 44.8 Å². The summed E-state index contributed by atoms with van der Waals surface area (Å²) < 4.78 is 13.8.